The molecule has 0 saturated carbocycles. The van der Waals surface area contributed by atoms with Gasteiger partial charge in [-0.05, 0) is 18.2 Å². The summed E-state index contributed by atoms with van der Waals surface area (Å²) in [6, 6.07) is 5.72. The predicted molar refractivity (Wildman–Crippen MR) is 73.5 cm³/mol. The maximum atomic E-state index is 11.9. The quantitative estimate of drug-likeness (QED) is 0.909. The number of halogens is 2. The zero-order valence-corrected chi connectivity index (χ0v) is 11.5. The number of carboxylic acids is 1. The molecule has 0 atom stereocenters. The second-order valence-electron chi connectivity index (χ2n) is 3.41. The highest BCUT2D eigenvalue weighted by molar-refractivity contribution is 7.20. The fraction of sp³-hybridized carbons (Fsp3) is 0. The minimum Gasteiger partial charge on any atom is -0.477 e. The lowest BCUT2D eigenvalue weighted by atomic mass is 10.3. The number of thiophene rings is 1. The third-order valence-corrected chi connectivity index (χ3v) is 3.60. The summed E-state index contributed by atoms with van der Waals surface area (Å²) in [5.74, 6) is -1.54. The largest absolute Gasteiger partial charge is 0.477 e. The normalized spacial score (nSPS) is 10.2. The van der Waals surface area contributed by atoms with E-state index in [2.05, 4.69) is 10.3 Å². The van der Waals surface area contributed by atoms with Crippen molar-refractivity contribution in [2.24, 2.45) is 0 Å². The summed E-state index contributed by atoms with van der Waals surface area (Å²) >= 11 is 12.7. The number of hydrogen-bond donors (Lipinski definition) is 2. The minimum atomic E-state index is -1.17. The summed E-state index contributed by atoms with van der Waals surface area (Å²) in [4.78, 5) is 26.4. The molecule has 2 aromatic heterocycles. The monoisotopic (exact) mass is 316 g/mol. The topological polar surface area (TPSA) is 79.3 Å². The zero-order chi connectivity index (χ0) is 14.0. The van der Waals surface area contributed by atoms with Gasteiger partial charge in [-0.1, -0.05) is 29.3 Å². The van der Waals surface area contributed by atoms with E-state index in [-0.39, 0.29) is 21.4 Å². The first-order chi connectivity index (χ1) is 8.97. The fourth-order valence-electron chi connectivity index (χ4n) is 1.30. The molecule has 0 aromatic carbocycles. The van der Waals surface area contributed by atoms with E-state index in [1.807, 2.05) is 0 Å². The molecule has 19 heavy (non-hydrogen) atoms. The van der Waals surface area contributed by atoms with E-state index in [9.17, 15) is 9.59 Å². The number of carbonyl (C=O) groups is 2. The molecule has 0 aliphatic carbocycles. The predicted octanol–water partition coefficient (Wildman–Crippen LogP) is 3.40. The molecule has 8 heteroatoms. The zero-order valence-electron chi connectivity index (χ0n) is 9.18. The van der Waals surface area contributed by atoms with Gasteiger partial charge < -0.3 is 10.4 Å². The van der Waals surface area contributed by atoms with Crippen LogP contribution in [0.2, 0.25) is 8.67 Å². The number of carbonyl (C=O) groups excluding carboxylic acids is 1. The summed E-state index contributed by atoms with van der Waals surface area (Å²) < 4.78 is 0.652. The van der Waals surface area contributed by atoms with Gasteiger partial charge in [0.05, 0.1) is 9.90 Å². The van der Waals surface area contributed by atoms with Crippen molar-refractivity contribution < 1.29 is 14.7 Å². The first kappa shape index (κ1) is 13.8. The SMILES string of the molecule is O=C(O)c1cccc(NC(=O)c2cc(Cl)sc2Cl)n1. The van der Waals surface area contributed by atoms with Gasteiger partial charge in [-0.3, -0.25) is 4.79 Å². The van der Waals surface area contributed by atoms with Gasteiger partial charge in [0.1, 0.15) is 10.2 Å². The Balaban J connectivity index is 2.21. The molecule has 98 valence electrons. The average Bonchev–Trinajstić information content (AvgIpc) is 2.69. The molecule has 0 fully saturated rings. The molecule has 2 heterocycles. The van der Waals surface area contributed by atoms with Crippen LogP contribution in [0.25, 0.3) is 0 Å². The van der Waals surface area contributed by atoms with Crippen LogP contribution < -0.4 is 5.32 Å². The van der Waals surface area contributed by atoms with Gasteiger partial charge in [0.15, 0.2) is 5.69 Å². The molecule has 0 saturated heterocycles. The number of aromatic nitrogens is 1. The van der Waals surface area contributed by atoms with E-state index in [0.717, 1.165) is 11.3 Å². The first-order valence-electron chi connectivity index (χ1n) is 4.94. The third kappa shape index (κ3) is 3.23. The molecule has 0 radical (unpaired) electrons. The van der Waals surface area contributed by atoms with Crippen LogP contribution in [-0.2, 0) is 0 Å². The number of nitrogens with zero attached hydrogens (tertiary/aromatic N) is 1. The highest BCUT2D eigenvalue weighted by atomic mass is 35.5. The Bertz CT molecular complexity index is 657. The van der Waals surface area contributed by atoms with Crippen LogP contribution in [0, 0.1) is 0 Å². The van der Waals surface area contributed by atoms with Gasteiger partial charge in [0.25, 0.3) is 5.91 Å². The standard InChI is InChI=1S/C11H6Cl2N2O3S/c12-7-4-5(9(13)19-7)10(16)15-8-3-1-2-6(14-8)11(17)18/h1-4H,(H,17,18)(H,14,15,16). The Hall–Kier alpha value is -1.63. The number of amides is 1. The van der Waals surface area contributed by atoms with E-state index >= 15 is 0 Å². The number of nitrogens with one attached hydrogen (secondary N) is 1. The molecule has 0 bridgehead atoms. The van der Waals surface area contributed by atoms with Crippen LogP contribution in [0.3, 0.4) is 0 Å². The van der Waals surface area contributed by atoms with E-state index in [4.69, 9.17) is 28.3 Å². The van der Waals surface area contributed by atoms with E-state index < -0.39 is 11.9 Å². The summed E-state index contributed by atoms with van der Waals surface area (Å²) in [5.41, 5.74) is 0.0615. The second-order valence-corrected chi connectivity index (χ2v) is 5.69. The lowest BCUT2D eigenvalue weighted by Crippen LogP contribution is -2.13. The number of anilines is 1. The Morgan fingerprint density at radius 1 is 1.32 bits per heavy atom. The Morgan fingerprint density at radius 2 is 2.05 bits per heavy atom. The van der Waals surface area contributed by atoms with Crippen LogP contribution in [0.15, 0.2) is 24.3 Å². The molecule has 5 nitrogen and oxygen atoms in total. The van der Waals surface area contributed by atoms with Crippen molar-refractivity contribution >= 4 is 52.2 Å². The minimum absolute atomic E-state index is 0.128. The lowest BCUT2D eigenvalue weighted by Gasteiger charge is -2.04. The van der Waals surface area contributed by atoms with Crippen LogP contribution in [0.1, 0.15) is 20.8 Å². The van der Waals surface area contributed by atoms with Crippen molar-refractivity contribution in [1.82, 2.24) is 4.98 Å². The number of aromatic carboxylic acids is 1. The van der Waals surface area contributed by atoms with Crippen molar-refractivity contribution in [3.63, 3.8) is 0 Å². The van der Waals surface area contributed by atoms with Crippen molar-refractivity contribution in [1.29, 1.82) is 0 Å². The average molecular weight is 317 g/mol. The number of pyridine rings is 1. The maximum Gasteiger partial charge on any atom is 0.354 e. The highest BCUT2D eigenvalue weighted by Crippen LogP contribution is 2.31. The van der Waals surface area contributed by atoms with Gasteiger partial charge in [0.2, 0.25) is 0 Å². The Morgan fingerprint density at radius 3 is 2.63 bits per heavy atom. The molecule has 0 spiro atoms. The van der Waals surface area contributed by atoms with Crippen molar-refractivity contribution in [3.8, 4) is 0 Å². The second kappa shape index (κ2) is 5.56. The molecular formula is C11H6Cl2N2O3S. The van der Waals surface area contributed by atoms with E-state index in [1.165, 1.54) is 24.3 Å². The summed E-state index contributed by atoms with van der Waals surface area (Å²) in [6.07, 6.45) is 0. The molecule has 2 rings (SSSR count). The van der Waals surface area contributed by atoms with Crippen LogP contribution in [0.4, 0.5) is 5.82 Å². The highest BCUT2D eigenvalue weighted by Gasteiger charge is 2.15. The van der Waals surface area contributed by atoms with Crippen LogP contribution in [0.5, 0.6) is 0 Å². The first-order valence-corrected chi connectivity index (χ1v) is 6.51. The Labute approximate surface area is 121 Å². The van der Waals surface area contributed by atoms with Gasteiger partial charge >= 0.3 is 5.97 Å². The van der Waals surface area contributed by atoms with Gasteiger partial charge in [0, 0.05) is 0 Å². The lowest BCUT2D eigenvalue weighted by molar-refractivity contribution is 0.0690. The third-order valence-electron chi connectivity index (χ3n) is 2.11. The fourth-order valence-corrected chi connectivity index (χ4v) is 2.76. The van der Waals surface area contributed by atoms with Crippen LogP contribution in [-0.4, -0.2) is 22.0 Å². The van der Waals surface area contributed by atoms with Gasteiger partial charge in [-0.2, -0.15) is 0 Å². The summed E-state index contributed by atoms with van der Waals surface area (Å²) in [5, 5.41) is 11.3. The Kier molecular flexibility index (Phi) is 4.04. The molecule has 1 amide bonds. The molecular weight excluding hydrogens is 311 g/mol. The summed E-state index contributed by atoms with van der Waals surface area (Å²) in [7, 11) is 0. The smallest absolute Gasteiger partial charge is 0.354 e. The summed E-state index contributed by atoms with van der Waals surface area (Å²) in [6.45, 7) is 0. The van der Waals surface area contributed by atoms with Gasteiger partial charge in [-0.25, -0.2) is 9.78 Å². The molecule has 2 N–H and O–H groups in total. The number of hydrogen-bond acceptors (Lipinski definition) is 4. The van der Waals surface area contributed by atoms with Crippen molar-refractivity contribution in [2.45, 2.75) is 0 Å². The molecule has 0 aliphatic heterocycles. The van der Waals surface area contributed by atoms with E-state index in [0.29, 0.717) is 4.34 Å². The molecule has 0 unspecified atom stereocenters. The van der Waals surface area contributed by atoms with Crippen molar-refractivity contribution in [3.05, 3.63) is 44.2 Å². The molecule has 2 aromatic rings. The van der Waals surface area contributed by atoms with E-state index in [1.54, 1.807) is 0 Å². The van der Waals surface area contributed by atoms with Crippen molar-refractivity contribution in [2.75, 3.05) is 5.32 Å². The van der Waals surface area contributed by atoms with Crippen LogP contribution >= 0.6 is 34.5 Å². The number of carboxylic acid groups (broad SMARTS) is 1. The van der Waals surface area contributed by atoms with Gasteiger partial charge in [-0.15, -0.1) is 11.3 Å². The number of rotatable bonds is 3. The molecule has 0 aliphatic rings. The maximum absolute atomic E-state index is 11.9.